The van der Waals surface area contributed by atoms with Gasteiger partial charge in [0.1, 0.15) is 4.83 Å². The van der Waals surface area contributed by atoms with Crippen LogP contribution in [0.1, 0.15) is 25.7 Å². The van der Waals surface area contributed by atoms with Gasteiger partial charge in [0.2, 0.25) is 0 Å². The van der Waals surface area contributed by atoms with Crippen LogP contribution in [0.15, 0.2) is 16.2 Å². The van der Waals surface area contributed by atoms with Crippen molar-refractivity contribution < 1.29 is 10.2 Å². The zero-order chi connectivity index (χ0) is 10.7. The minimum absolute atomic E-state index is 0.436. The van der Waals surface area contributed by atoms with Gasteiger partial charge >= 0.3 is 0 Å². The second-order valence-corrected chi connectivity index (χ2v) is 4.67. The normalized spacial score (nSPS) is 10.4. The monoisotopic (exact) mass is 278 g/mol. The zero-order valence-electron chi connectivity index (χ0n) is 7.81. The molecule has 0 aliphatic heterocycles. The maximum Gasteiger partial charge on any atom is 0.183 e. The molecule has 4 nitrogen and oxygen atoms in total. The van der Waals surface area contributed by atoms with E-state index in [-0.39, 0.29) is 0 Å². The summed E-state index contributed by atoms with van der Waals surface area (Å²) in [6.45, 7) is 4.00. The molecule has 2 aromatic heterocycles. The first-order chi connectivity index (χ1) is 6.68. The van der Waals surface area contributed by atoms with Crippen LogP contribution in [0, 0.1) is 0 Å². The molecule has 0 amide bonds. The van der Waals surface area contributed by atoms with E-state index in [0.29, 0.717) is 5.56 Å². The summed E-state index contributed by atoms with van der Waals surface area (Å²) in [5.41, 5.74) is 0.436. The number of nitrogens with zero attached hydrogens (tertiary/aromatic N) is 2. The maximum absolute atomic E-state index is 8.91. The molecule has 0 fully saturated rings. The highest BCUT2D eigenvalue weighted by atomic mass is 79.9. The van der Waals surface area contributed by atoms with E-state index in [1.165, 1.54) is 17.5 Å². The van der Waals surface area contributed by atoms with E-state index in [0.717, 1.165) is 8.62 Å². The Labute approximate surface area is 93.9 Å². The Morgan fingerprint density at radius 1 is 1.50 bits per heavy atom. The summed E-state index contributed by atoms with van der Waals surface area (Å²) in [7, 11) is 0. The molecule has 2 N–H and O–H groups in total. The fourth-order valence-electron chi connectivity index (χ4n) is 0.954. The van der Waals surface area contributed by atoms with Crippen molar-refractivity contribution in [3.8, 4) is 0 Å². The third-order valence-electron chi connectivity index (χ3n) is 1.47. The predicted molar refractivity (Wildman–Crippen MR) is 59.3 cm³/mol. The van der Waals surface area contributed by atoms with Gasteiger partial charge in [-0.05, 0) is 15.9 Å². The molecule has 0 aliphatic rings. The minimum atomic E-state index is -1.45. The predicted octanol–water partition coefficient (Wildman–Crippen LogP) is 2.17. The summed E-state index contributed by atoms with van der Waals surface area (Å²) in [6, 6.07) is 0. The molecule has 0 radical (unpaired) electrons. The summed E-state index contributed by atoms with van der Waals surface area (Å²) < 4.78 is 2.51. The van der Waals surface area contributed by atoms with Gasteiger partial charge in [0.25, 0.3) is 0 Å². The Bertz CT molecular complexity index is 410. The van der Waals surface area contributed by atoms with Crippen molar-refractivity contribution in [2.45, 2.75) is 20.1 Å². The fraction of sp³-hybridized carbons (Fsp3) is 0.375. The smallest absolute Gasteiger partial charge is 0.183 e. The van der Waals surface area contributed by atoms with Gasteiger partial charge in [-0.15, -0.1) is 11.3 Å². The molecule has 0 bridgehead atoms. The first-order valence-corrected chi connectivity index (χ1v) is 5.78. The molecule has 78 valence electrons. The highest BCUT2D eigenvalue weighted by Crippen LogP contribution is 2.27. The summed E-state index contributed by atoms with van der Waals surface area (Å²) in [5, 5.41) is 21.8. The standard InChI is InChI=1S/C6H5BrN2O2S.C2H6/c7-4-2-9-5(12-4)3(1-8-9)6(10)11;1-2/h1-2,6,10-11H;1-2H3. The first kappa shape index (κ1) is 11.6. The van der Waals surface area contributed by atoms with Gasteiger partial charge in [0.15, 0.2) is 6.29 Å². The second-order valence-electron chi connectivity index (χ2n) is 2.26. The number of halogens is 1. The average Bonchev–Trinajstić information content (AvgIpc) is 2.65. The van der Waals surface area contributed by atoms with Crippen LogP contribution in [0.5, 0.6) is 0 Å². The lowest BCUT2D eigenvalue weighted by Crippen LogP contribution is -1.91. The minimum Gasteiger partial charge on any atom is -0.364 e. The molecule has 2 rings (SSSR count). The van der Waals surface area contributed by atoms with Crippen LogP contribution in [0.4, 0.5) is 0 Å². The van der Waals surface area contributed by atoms with Crippen molar-refractivity contribution in [2.24, 2.45) is 0 Å². The highest BCUT2D eigenvalue weighted by molar-refractivity contribution is 9.11. The van der Waals surface area contributed by atoms with Crippen molar-refractivity contribution in [1.82, 2.24) is 9.61 Å². The van der Waals surface area contributed by atoms with E-state index in [1.54, 1.807) is 10.7 Å². The Balaban J connectivity index is 0.000000461. The van der Waals surface area contributed by atoms with Crippen LogP contribution in [0.25, 0.3) is 4.83 Å². The van der Waals surface area contributed by atoms with Crippen LogP contribution in [-0.2, 0) is 0 Å². The van der Waals surface area contributed by atoms with Crippen molar-refractivity contribution in [1.29, 1.82) is 0 Å². The Hall–Kier alpha value is -0.430. The zero-order valence-corrected chi connectivity index (χ0v) is 10.2. The summed E-state index contributed by atoms with van der Waals surface area (Å²) in [4.78, 5) is 0.747. The number of thiazole rings is 1. The van der Waals surface area contributed by atoms with Gasteiger partial charge in [0, 0.05) is 0 Å². The van der Waals surface area contributed by atoms with Crippen LogP contribution in [-0.4, -0.2) is 19.8 Å². The molecule has 14 heavy (non-hydrogen) atoms. The maximum atomic E-state index is 8.91. The third-order valence-corrected chi connectivity index (χ3v) is 3.08. The number of fused-ring (bicyclic) bond motifs is 1. The molecule has 0 aromatic carbocycles. The third kappa shape index (κ3) is 2.14. The molecular weight excluding hydrogens is 268 g/mol. The number of hydrogen-bond acceptors (Lipinski definition) is 4. The molecule has 0 saturated heterocycles. The van der Waals surface area contributed by atoms with Gasteiger partial charge in [0.05, 0.1) is 21.7 Å². The van der Waals surface area contributed by atoms with E-state index in [4.69, 9.17) is 10.2 Å². The SMILES string of the molecule is CC.OC(O)c1cnn2cc(Br)sc12. The Kier molecular flexibility index (Phi) is 4.06. The molecule has 6 heteroatoms. The Morgan fingerprint density at radius 2 is 2.14 bits per heavy atom. The second kappa shape index (κ2) is 4.88. The topological polar surface area (TPSA) is 57.8 Å². The van der Waals surface area contributed by atoms with Gasteiger partial charge < -0.3 is 10.2 Å². The quantitative estimate of drug-likeness (QED) is 0.786. The van der Waals surface area contributed by atoms with Crippen LogP contribution in [0.3, 0.4) is 0 Å². The molecule has 2 aromatic rings. The number of aliphatic hydroxyl groups excluding tert-OH is 1. The molecule has 0 atom stereocenters. The van der Waals surface area contributed by atoms with E-state index in [2.05, 4.69) is 21.0 Å². The van der Waals surface area contributed by atoms with Crippen molar-refractivity contribution >= 4 is 32.1 Å². The summed E-state index contributed by atoms with van der Waals surface area (Å²) in [5.74, 6) is 0. The van der Waals surface area contributed by atoms with E-state index in [9.17, 15) is 0 Å². The highest BCUT2D eigenvalue weighted by Gasteiger charge is 2.12. The molecule has 0 unspecified atom stereocenters. The number of aromatic nitrogens is 2. The van der Waals surface area contributed by atoms with Crippen LogP contribution in [0.2, 0.25) is 0 Å². The van der Waals surface area contributed by atoms with E-state index < -0.39 is 6.29 Å². The van der Waals surface area contributed by atoms with Crippen molar-refractivity contribution in [3.05, 3.63) is 21.7 Å². The van der Waals surface area contributed by atoms with Gasteiger partial charge in [-0.25, -0.2) is 4.52 Å². The largest absolute Gasteiger partial charge is 0.364 e. The fourth-order valence-corrected chi connectivity index (χ4v) is 2.41. The average molecular weight is 279 g/mol. The summed E-state index contributed by atoms with van der Waals surface area (Å²) >= 11 is 4.69. The van der Waals surface area contributed by atoms with Crippen molar-refractivity contribution in [3.63, 3.8) is 0 Å². The number of rotatable bonds is 1. The molecule has 0 saturated carbocycles. The summed E-state index contributed by atoms with van der Waals surface area (Å²) in [6.07, 6.45) is 1.77. The van der Waals surface area contributed by atoms with Gasteiger partial charge in [-0.3, -0.25) is 0 Å². The number of hydrogen-bond donors (Lipinski definition) is 2. The lowest BCUT2D eigenvalue weighted by atomic mass is 10.4. The lowest BCUT2D eigenvalue weighted by molar-refractivity contribution is -0.0412. The van der Waals surface area contributed by atoms with Crippen molar-refractivity contribution in [2.75, 3.05) is 0 Å². The first-order valence-electron chi connectivity index (χ1n) is 4.17. The van der Waals surface area contributed by atoms with Gasteiger partial charge in [-0.1, -0.05) is 13.8 Å². The Morgan fingerprint density at radius 3 is 2.71 bits per heavy atom. The lowest BCUT2D eigenvalue weighted by Gasteiger charge is -1.95. The van der Waals surface area contributed by atoms with Crippen LogP contribution >= 0.6 is 27.3 Å². The molecule has 0 aliphatic carbocycles. The van der Waals surface area contributed by atoms with E-state index in [1.807, 2.05) is 13.8 Å². The van der Waals surface area contributed by atoms with Crippen LogP contribution < -0.4 is 0 Å². The molecule has 2 heterocycles. The molecule has 0 spiro atoms. The number of aliphatic hydroxyl groups is 2. The molecular formula is C8H11BrN2O2S. The van der Waals surface area contributed by atoms with Gasteiger partial charge in [-0.2, -0.15) is 5.10 Å². The van der Waals surface area contributed by atoms with E-state index >= 15 is 0 Å².